The Balaban J connectivity index is 3.57. The second-order valence-electron chi connectivity index (χ2n) is 4.64. The molecule has 1 rings (SSSR count). The maximum absolute atomic E-state index is 11.8. The number of pyridine rings is 1. The number of carbonyl (C=O) groups is 1. The fourth-order valence-electron chi connectivity index (χ4n) is 1.39. The lowest BCUT2D eigenvalue weighted by atomic mass is 9.87. The summed E-state index contributed by atoms with van der Waals surface area (Å²) < 4.78 is 1.60. The molecule has 82 valence electrons. The van der Waals surface area contributed by atoms with Crippen molar-refractivity contribution in [2.24, 2.45) is 7.05 Å². The first-order valence-electron chi connectivity index (χ1n) is 4.67. The van der Waals surface area contributed by atoms with E-state index < -0.39 is 11.4 Å². The summed E-state index contributed by atoms with van der Waals surface area (Å²) in [6.45, 7) is 5.65. The van der Waals surface area contributed by atoms with E-state index in [1.165, 1.54) is 6.20 Å². The number of carboxylic acids is 1. The average molecular weight is 209 g/mol. The molecule has 0 saturated heterocycles. The Labute approximate surface area is 88.2 Å². The van der Waals surface area contributed by atoms with Crippen molar-refractivity contribution in [1.29, 1.82) is 0 Å². The van der Waals surface area contributed by atoms with Gasteiger partial charge in [-0.05, 0) is 5.41 Å². The normalized spacial score (nSPS) is 11.5. The van der Waals surface area contributed by atoms with E-state index in [4.69, 9.17) is 5.11 Å². The van der Waals surface area contributed by atoms with Gasteiger partial charge in [0.1, 0.15) is 5.56 Å². The standard InChI is InChI=1S/C11H15NO3/c1-11(2,3)8-6-12(4)5-7(9(8)13)10(14)15/h5-6H,1-4H3,(H,14,15). The van der Waals surface area contributed by atoms with Gasteiger partial charge >= 0.3 is 5.97 Å². The van der Waals surface area contributed by atoms with Crippen LogP contribution in [-0.4, -0.2) is 15.6 Å². The predicted octanol–water partition coefficient (Wildman–Crippen LogP) is 1.38. The Morgan fingerprint density at radius 2 is 1.87 bits per heavy atom. The van der Waals surface area contributed by atoms with Crippen molar-refractivity contribution in [2.45, 2.75) is 26.2 Å². The van der Waals surface area contributed by atoms with Crippen molar-refractivity contribution in [3.05, 3.63) is 33.7 Å². The monoisotopic (exact) mass is 209 g/mol. The summed E-state index contributed by atoms with van der Waals surface area (Å²) in [5.41, 5.74) is -0.400. The predicted molar refractivity (Wildman–Crippen MR) is 57.3 cm³/mol. The van der Waals surface area contributed by atoms with Gasteiger partial charge in [0.05, 0.1) is 0 Å². The molecule has 1 aromatic rings. The van der Waals surface area contributed by atoms with Crippen LogP contribution in [0, 0.1) is 0 Å². The minimum absolute atomic E-state index is 0.176. The molecule has 0 amide bonds. The number of rotatable bonds is 1. The summed E-state index contributed by atoms with van der Waals surface area (Å²) in [6.07, 6.45) is 3.01. The zero-order valence-corrected chi connectivity index (χ0v) is 9.37. The Kier molecular flexibility index (Phi) is 2.71. The molecule has 0 atom stereocenters. The summed E-state index contributed by atoms with van der Waals surface area (Å²) in [5.74, 6) is -1.18. The molecule has 0 spiro atoms. The SMILES string of the molecule is Cn1cc(C(=O)O)c(=O)c(C(C)(C)C)c1. The van der Waals surface area contributed by atoms with Crippen molar-refractivity contribution >= 4 is 5.97 Å². The first-order chi connectivity index (χ1) is 6.73. The second-order valence-corrected chi connectivity index (χ2v) is 4.64. The van der Waals surface area contributed by atoms with Gasteiger partial charge < -0.3 is 9.67 Å². The van der Waals surface area contributed by atoms with Crippen LogP contribution in [0.3, 0.4) is 0 Å². The maximum Gasteiger partial charge on any atom is 0.341 e. The van der Waals surface area contributed by atoms with E-state index in [9.17, 15) is 9.59 Å². The van der Waals surface area contributed by atoms with Crippen LogP contribution in [0.4, 0.5) is 0 Å². The summed E-state index contributed by atoms with van der Waals surface area (Å²) >= 11 is 0. The van der Waals surface area contributed by atoms with E-state index >= 15 is 0 Å². The molecular formula is C11H15NO3. The van der Waals surface area contributed by atoms with Crippen molar-refractivity contribution in [1.82, 2.24) is 4.57 Å². The van der Waals surface area contributed by atoms with E-state index in [1.807, 2.05) is 20.8 Å². The minimum Gasteiger partial charge on any atom is -0.477 e. The Hall–Kier alpha value is -1.58. The quantitative estimate of drug-likeness (QED) is 0.760. The molecule has 0 unspecified atom stereocenters. The van der Waals surface area contributed by atoms with Crippen molar-refractivity contribution in [3.8, 4) is 0 Å². The average Bonchev–Trinajstić information content (AvgIpc) is 2.06. The van der Waals surface area contributed by atoms with E-state index in [1.54, 1.807) is 17.8 Å². The van der Waals surface area contributed by atoms with Crippen LogP contribution in [0.15, 0.2) is 17.2 Å². The van der Waals surface area contributed by atoms with Crippen LogP contribution in [0.2, 0.25) is 0 Å². The van der Waals surface area contributed by atoms with Crippen LogP contribution in [-0.2, 0) is 12.5 Å². The molecule has 0 bridgehead atoms. The summed E-state index contributed by atoms with van der Waals surface area (Å²) in [4.78, 5) is 22.7. The van der Waals surface area contributed by atoms with Gasteiger partial charge in [-0.1, -0.05) is 20.8 Å². The third-order valence-electron chi connectivity index (χ3n) is 2.19. The molecule has 0 aliphatic rings. The second kappa shape index (κ2) is 3.53. The molecule has 0 aromatic carbocycles. The molecule has 0 aliphatic carbocycles. The molecule has 0 fully saturated rings. The highest BCUT2D eigenvalue weighted by molar-refractivity contribution is 5.87. The van der Waals surface area contributed by atoms with Gasteiger partial charge in [-0.2, -0.15) is 0 Å². The Morgan fingerprint density at radius 3 is 2.27 bits per heavy atom. The number of aryl methyl sites for hydroxylation is 1. The van der Waals surface area contributed by atoms with Crippen molar-refractivity contribution in [3.63, 3.8) is 0 Å². The number of hydrogen-bond donors (Lipinski definition) is 1. The third kappa shape index (κ3) is 2.26. The molecule has 0 radical (unpaired) electrons. The minimum atomic E-state index is -1.18. The third-order valence-corrected chi connectivity index (χ3v) is 2.19. The Bertz CT molecular complexity index is 452. The lowest BCUT2D eigenvalue weighted by Gasteiger charge is -2.19. The zero-order chi connectivity index (χ0) is 11.8. The fourth-order valence-corrected chi connectivity index (χ4v) is 1.39. The Morgan fingerprint density at radius 1 is 1.33 bits per heavy atom. The lowest BCUT2D eigenvalue weighted by molar-refractivity contribution is 0.0694. The summed E-state index contributed by atoms with van der Waals surface area (Å²) in [6, 6.07) is 0. The van der Waals surface area contributed by atoms with E-state index in [2.05, 4.69) is 0 Å². The molecule has 15 heavy (non-hydrogen) atoms. The summed E-state index contributed by atoms with van der Waals surface area (Å²) in [7, 11) is 1.71. The first kappa shape index (κ1) is 11.5. The molecule has 0 aliphatic heterocycles. The van der Waals surface area contributed by atoms with Gasteiger partial charge in [0.25, 0.3) is 0 Å². The van der Waals surface area contributed by atoms with Crippen LogP contribution in [0.25, 0.3) is 0 Å². The summed E-state index contributed by atoms with van der Waals surface area (Å²) in [5, 5.41) is 8.87. The maximum atomic E-state index is 11.8. The van der Waals surface area contributed by atoms with E-state index in [-0.39, 0.29) is 11.0 Å². The number of nitrogens with zero attached hydrogens (tertiary/aromatic N) is 1. The van der Waals surface area contributed by atoms with E-state index in [0.29, 0.717) is 5.56 Å². The largest absolute Gasteiger partial charge is 0.477 e. The molecule has 0 saturated carbocycles. The van der Waals surface area contributed by atoms with Crippen molar-refractivity contribution in [2.75, 3.05) is 0 Å². The van der Waals surface area contributed by atoms with Gasteiger partial charge in [-0.25, -0.2) is 4.79 Å². The molecule has 1 aromatic heterocycles. The van der Waals surface area contributed by atoms with E-state index in [0.717, 1.165) is 0 Å². The molecule has 1 N–H and O–H groups in total. The van der Waals surface area contributed by atoms with Crippen LogP contribution in [0.5, 0.6) is 0 Å². The fraction of sp³-hybridized carbons (Fsp3) is 0.455. The number of carboxylic acid groups (broad SMARTS) is 1. The lowest BCUT2D eigenvalue weighted by Crippen LogP contribution is -2.28. The van der Waals surface area contributed by atoms with Crippen LogP contribution in [0.1, 0.15) is 36.7 Å². The number of aromatic nitrogens is 1. The topological polar surface area (TPSA) is 59.3 Å². The van der Waals surface area contributed by atoms with Gasteiger partial charge in [0.2, 0.25) is 0 Å². The molecule has 1 heterocycles. The highest BCUT2D eigenvalue weighted by Crippen LogP contribution is 2.18. The molecular weight excluding hydrogens is 194 g/mol. The first-order valence-corrected chi connectivity index (χ1v) is 4.67. The van der Waals surface area contributed by atoms with Crippen LogP contribution < -0.4 is 5.43 Å². The van der Waals surface area contributed by atoms with Crippen molar-refractivity contribution < 1.29 is 9.90 Å². The zero-order valence-electron chi connectivity index (χ0n) is 9.37. The molecule has 4 nitrogen and oxygen atoms in total. The van der Waals surface area contributed by atoms with Gasteiger partial charge in [-0.3, -0.25) is 4.79 Å². The highest BCUT2D eigenvalue weighted by Gasteiger charge is 2.21. The smallest absolute Gasteiger partial charge is 0.341 e. The number of aromatic carboxylic acids is 1. The van der Waals surface area contributed by atoms with Gasteiger partial charge in [0.15, 0.2) is 5.43 Å². The van der Waals surface area contributed by atoms with Crippen LogP contribution >= 0.6 is 0 Å². The molecule has 4 heteroatoms. The number of hydrogen-bond acceptors (Lipinski definition) is 2. The highest BCUT2D eigenvalue weighted by atomic mass is 16.4. The van der Waals surface area contributed by atoms with Gasteiger partial charge in [-0.15, -0.1) is 0 Å². The van der Waals surface area contributed by atoms with Gasteiger partial charge in [0, 0.05) is 25.0 Å².